The first-order valence-electron chi connectivity index (χ1n) is 5.96. The number of benzene rings is 1. The number of aliphatic hydroxyl groups is 1. The molecule has 7 nitrogen and oxygen atoms in total. The molecule has 0 aliphatic heterocycles. The molecule has 1 fully saturated rings. The fraction of sp³-hybridized carbons (Fsp3) is 0.417. The van der Waals surface area contributed by atoms with E-state index in [1.807, 2.05) is 0 Å². The van der Waals surface area contributed by atoms with Gasteiger partial charge >= 0.3 is 0 Å². The monoisotopic (exact) mass is 265 g/mol. The standard InChI is InChI=1S/C12H15N3O4/c13-11(16)8-2-3-9(10(6-8)15(18)19)14-7-12(17)4-1-5-12/h2-3,6,14,17H,1,4-5,7H2,(H2,13,16). The minimum Gasteiger partial charge on any atom is -0.388 e. The van der Waals surface area contributed by atoms with E-state index >= 15 is 0 Å². The van der Waals surface area contributed by atoms with Gasteiger partial charge in [-0.25, -0.2) is 0 Å². The van der Waals surface area contributed by atoms with Crippen LogP contribution in [0.1, 0.15) is 29.6 Å². The Morgan fingerprint density at radius 2 is 2.21 bits per heavy atom. The Hall–Kier alpha value is -2.15. The average molecular weight is 265 g/mol. The summed E-state index contributed by atoms with van der Waals surface area (Å²) in [5.74, 6) is -0.715. The average Bonchev–Trinajstić information content (AvgIpc) is 2.33. The van der Waals surface area contributed by atoms with Crippen molar-refractivity contribution < 1.29 is 14.8 Å². The number of primary amides is 1. The summed E-state index contributed by atoms with van der Waals surface area (Å²) in [6.07, 6.45) is 2.33. The summed E-state index contributed by atoms with van der Waals surface area (Å²) in [7, 11) is 0. The molecule has 0 saturated heterocycles. The summed E-state index contributed by atoms with van der Waals surface area (Å²) in [4.78, 5) is 21.4. The zero-order valence-corrected chi connectivity index (χ0v) is 10.3. The van der Waals surface area contributed by atoms with Gasteiger partial charge in [0.25, 0.3) is 5.69 Å². The van der Waals surface area contributed by atoms with Crippen LogP contribution in [0.15, 0.2) is 18.2 Å². The van der Waals surface area contributed by atoms with E-state index in [0.29, 0.717) is 12.8 Å². The van der Waals surface area contributed by atoms with Crippen LogP contribution in [0, 0.1) is 10.1 Å². The lowest BCUT2D eigenvalue weighted by molar-refractivity contribution is -0.384. The van der Waals surface area contributed by atoms with Gasteiger partial charge in [0.2, 0.25) is 5.91 Å². The summed E-state index contributed by atoms with van der Waals surface area (Å²) < 4.78 is 0. The molecule has 7 heteroatoms. The number of hydrogen-bond donors (Lipinski definition) is 3. The quantitative estimate of drug-likeness (QED) is 0.542. The number of carbonyl (C=O) groups excluding carboxylic acids is 1. The van der Waals surface area contributed by atoms with Gasteiger partial charge in [-0.05, 0) is 31.4 Å². The second-order valence-electron chi connectivity index (χ2n) is 4.78. The van der Waals surface area contributed by atoms with E-state index in [9.17, 15) is 20.0 Å². The molecule has 0 aromatic heterocycles. The highest BCUT2D eigenvalue weighted by molar-refractivity contribution is 5.94. The van der Waals surface area contributed by atoms with Crippen molar-refractivity contribution in [2.45, 2.75) is 24.9 Å². The number of amides is 1. The fourth-order valence-electron chi connectivity index (χ4n) is 2.01. The van der Waals surface area contributed by atoms with Gasteiger partial charge < -0.3 is 16.2 Å². The van der Waals surface area contributed by atoms with Crippen LogP contribution in [0.2, 0.25) is 0 Å². The van der Waals surface area contributed by atoms with E-state index in [2.05, 4.69) is 5.32 Å². The van der Waals surface area contributed by atoms with Crippen LogP contribution in [-0.2, 0) is 0 Å². The number of hydrogen-bond acceptors (Lipinski definition) is 5. The maximum Gasteiger partial charge on any atom is 0.293 e. The molecule has 1 aliphatic rings. The van der Waals surface area contributed by atoms with Crippen LogP contribution in [0.4, 0.5) is 11.4 Å². The Balaban J connectivity index is 2.19. The number of anilines is 1. The highest BCUT2D eigenvalue weighted by Gasteiger charge is 2.34. The summed E-state index contributed by atoms with van der Waals surface area (Å²) >= 11 is 0. The van der Waals surface area contributed by atoms with Gasteiger partial charge in [0, 0.05) is 18.2 Å². The van der Waals surface area contributed by atoms with Crippen LogP contribution in [0.5, 0.6) is 0 Å². The predicted octanol–water partition coefficient (Wildman–Crippen LogP) is 1.02. The zero-order valence-electron chi connectivity index (χ0n) is 10.3. The minimum absolute atomic E-state index is 0.0830. The lowest BCUT2D eigenvalue weighted by Crippen LogP contribution is -2.43. The molecule has 0 heterocycles. The number of nitro groups is 1. The Morgan fingerprint density at radius 3 is 2.68 bits per heavy atom. The molecule has 1 aromatic carbocycles. The SMILES string of the molecule is NC(=O)c1ccc(NCC2(O)CCC2)c([N+](=O)[O-])c1. The molecule has 1 aliphatic carbocycles. The normalized spacial score (nSPS) is 16.5. The number of nitro benzene ring substituents is 1. The predicted molar refractivity (Wildman–Crippen MR) is 68.9 cm³/mol. The number of nitrogens with zero attached hydrogens (tertiary/aromatic N) is 1. The zero-order chi connectivity index (χ0) is 14.0. The Bertz CT molecular complexity index is 526. The third kappa shape index (κ3) is 2.82. The van der Waals surface area contributed by atoms with E-state index in [4.69, 9.17) is 5.73 Å². The summed E-state index contributed by atoms with van der Waals surface area (Å²) in [6.45, 7) is 0.254. The lowest BCUT2D eigenvalue weighted by Gasteiger charge is -2.36. The van der Waals surface area contributed by atoms with Crippen molar-refractivity contribution in [3.63, 3.8) is 0 Å². The largest absolute Gasteiger partial charge is 0.388 e. The molecule has 1 saturated carbocycles. The van der Waals surface area contributed by atoms with Crippen molar-refractivity contribution in [2.24, 2.45) is 5.73 Å². The first-order chi connectivity index (χ1) is 8.91. The fourth-order valence-corrected chi connectivity index (χ4v) is 2.01. The van der Waals surface area contributed by atoms with E-state index < -0.39 is 16.4 Å². The molecule has 0 atom stereocenters. The minimum atomic E-state index is -0.782. The van der Waals surface area contributed by atoms with Gasteiger partial charge in [0.1, 0.15) is 5.69 Å². The highest BCUT2D eigenvalue weighted by atomic mass is 16.6. The Labute approximate surface area is 109 Å². The maximum absolute atomic E-state index is 11.0. The smallest absolute Gasteiger partial charge is 0.293 e. The second-order valence-corrected chi connectivity index (χ2v) is 4.78. The molecule has 4 N–H and O–H groups in total. The van der Waals surface area contributed by atoms with Crippen molar-refractivity contribution in [1.82, 2.24) is 0 Å². The number of carbonyl (C=O) groups is 1. The summed E-state index contributed by atoms with van der Waals surface area (Å²) in [6, 6.07) is 3.98. The van der Waals surface area contributed by atoms with E-state index in [1.165, 1.54) is 12.1 Å². The van der Waals surface area contributed by atoms with Crippen molar-refractivity contribution in [3.05, 3.63) is 33.9 Å². The van der Waals surface area contributed by atoms with Gasteiger partial charge in [-0.1, -0.05) is 0 Å². The summed E-state index contributed by atoms with van der Waals surface area (Å²) in [5.41, 5.74) is 4.44. The van der Waals surface area contributed by atoms with Gasteiger partial charge in [-0.2, -0.15) is 0 Å². The van der Waals surface area contributed by atoms with Crippen LogP contribution in [-0.4, -0.2) is 28.1 Å². The molecule has 0 radical (unpaired) electrons. The van der Waals surface area contributed by atoms with Crippen molar-refractivity contribution >= 4 is 17.3 Å². The molecule has 0 unspecified atom stereocenters. The highest BCUT2D eigenvalue weighted by Crippen LogP contribution is 2.33. The first kappa shape index (κ1) is 13.3. The van der Waals surface area contributed by atoms with Crippen molar-refractivity contribution in [3.8, 4) is 0 Å². The molecule has 1 amide bonds. The number of nitrogens with one attached hydrogen (secondary N) is 1. The molecular formula is C12H15N3O4. The maximum atomic E-state index is 11.0. The second kappa shape index (κ2) is 4.85. The number of rotatable bonds is 5. The van der Waals surface area contributed by atoms with Gasteiger partial charge in [-0.3, -0.25) is 14.9 Å². The lowest BCUT2D eigenvalue weighted by atomic mass is 9.80. The Kier molecular flexibility index (Phi) is 3.39. The third-order valence-electron chi connectivity index (χ3n) is 3.37. The van der Waals surface area contributed by atoms with Crippen LogP contribution in [0.25, 0.3) is 0 Å². The molecular weight excluding hydrogens is 250 g/mol. The third-order valence-corrected chi connectivity index (χ3v) is 3.37. The van der Waals surface area contributed by atoms with Crippen LogP contribution >= 0.6 is 0 Å². The molecule has 0 spiro atoms. The molecule has 0 bridgehead atoms. The van der Waals surface area contributed by atoms with E-state index in [0.717, 1.165) is 12.5 Å². The van der Waals surface area contributed by atoms with E-state index in [1.54, 1.807) is 0 Å². The van der Waals surface area contributed by atoms with Gasteiger partial charge in [-0.15, -0.1) is 0 Å². The van der Waals surface area contributed by atoms with Gasteiger partial charge in [0.15, 0.2) is 0 Å². The van der Waals surface area contributed by atoms with Gasteiger partial charge in [0.05, 0.1) is 10.5 Å². The molecule has 2 rings (SSSR count). The molecule has 19 heavy (non-hydrogen) atoms. The van der Waals surface area contributed by atoms with E-state index in [-0.39, 0.29) is 23.5 Å². The van der Waals surface area contributed by atoms with Crippen LogP contribution in [0.3, 0.4) is 0 Å². The first-order valence-corrected chi connectivity index (χ1v) is 5.96. The number of nitrogens with two attached hydrogens (primary N) is 1. The van der Waals surface area contributed by atoms with Crippen molar-refractivity contribution in [1.29, 1.82) is 0 Å². The van der Waals surface area contributed by atoms with Crippen LogP contribution < -0.4 is 11.1 Å². The van der Waals surface area contributed by atoms with Crippen molar-refractivity contribution in [2.75, 3.05) is 11.9 Å². The molecule has 102 valence electrons. The molecule has 1 aromatic rings. The topological polar surface area (TPSA) is 118 Å². The summed E-state index contributed by atoms with van der Waals surface area (Å²) in [5, 5.41) is 23.8. The Morgan fingerprint density at radius 1 is 1.53 bits per heavy atom.